The van der Waals surface area contributed by atoms with E-state index in [-0.39, 0.29) is 11.4 Å². The normalized spacial score (nSPS) is 11.1. The maximum atomic E-state index is 11.1. The van der Waals surface area contributed by atoms with Crippen LogP contribution in [0.1, 0.15) is 31.1 Å². The summed E-state index contributed by atoms with van der Waals surface area (Å²) in [5.74, 6) is -0.391. The predicted octanol–water partition coefficient (Wildman–Crippen LogP) is 0.940. The Morgan fingerprint density at radius 1 is 1.47 bits per heavy atom. The molecule has 0 unspecified atom stereocenters. The Morgan fingerprint density at radius 3 is 2.53 bits per heavy atom. The van der Waals surface area contributed by atoms with Crippen LogP contribution in [0.2, 0.25) is 0 Å². The maximum absolute atomic E-state index is 11.1. The van der Waals surface area contributed by atoms with Gasteiger partial charge >= 0.3 is 0 Å². The third-order valence-electron chi connectivity index (χ3n) is 1.54. The molecule has 0 aliphatic heterocycles. The minimum atomic E-state index is -0.603. The first-order valence-electron chi connectivity index (χ1n) is 4.54. The minimum Gasteiger partial charge on any atom is -0.471 e. The predicted molar refractivity (Wildman–Crippen MR) is 57.5 cm³/mol. The molecule has 0 atom stereocenters. The van der Waals surface area contributed by atoms with E-state index in [0.717, 1.165) is 0 Å². The van der Waals surface area contributed by atoms with Gasteiger partial charge in [-0.15, -0.1) is 0 Å². The fourth-order valence-electron chi connectivity index (χ4n) is 1.02. The number of anilines is 1. The van der Waals surface area contributed by atoms with Gasteiger partial charge in [0.15, 0.2) is 0 Å². The van der Waals surface area contributed by atoms with E-state index in [9.17, 15) is 4.79 Å². The number of hydrogen-bond donors (Lipinski definition) is 2. The van der Waals surface area contributed by atoms with Crippen molar-refractivity contribution in [2.45, 2.75) is 26.4 Å². The number of primary amides is 1. The first-order chi connectivity index (χ1) is 6.79. The molecule has 82 valence electrons. The van der Waals surface area contributed by atoms with E-state index in [1.54, 1.807) is 0 Å². The van der Waals surface area contributed by atoms with E-state index in [1.807, 2.05) is 20.8 Å². The highest BCUT2D eigenvalue weighted by molar-refractivity contribution is 5.95. The Kier molecular flexibility index (Phi) is 2.83. The average molecular weight is 209 g/mol. The molecule has 0 aliphatic carbocycles. The van der Waals surface area contributed by atoms with Gasteiger partial charge in [0.2, 0.25) is 5.88 Å². The van der Waals surface area contributed by atoms with E-state index in [2.05, 4.69) is 4.98 Å². The van der Waals surface area contributed by atoms with Gasteiger partial charge in [-0.05, 0) is 26.8 Å². The van der Waals surface area contributed by atoms with Crippen LogP contribution < -0.4 is 16.2 Å². The molecule has 4 N–H and O–H groups in total. The van der Waals surface area contributed by atoms with Crippen LogP contribution in [0.3, 0.4) is 0 Å². The molecule has 5 nitrogen and oxygen atoms in total. The number of nitrogens with two attached hydrogens (primary N) is 2. The van der Waals surface area contributed by atoms with Crippen molar-refractivity contribution < 1.29 is 9.53 Å². The van der Waals surface area contributed by atoms with Gasteiger partial charge in [0, 0.05) is 0 Å². The van der Waals surface area contributed by atoms with E-state index in [1.165, 1.54) is 12.3 Å². The number of nitrogen functional groups attached to an aromatic ring is 1. The summed E-state index contributed by atoms with van der Waals surface area (Å²) in [4.78, 5) is 15.0. The van der Waals surface area contributed by atoms with Crippen molar-refractivity contribution in [2.75, 3.05) is 5.73 Å². The zero-order valence-electron chi connectivity index (χ0n) is 9.07. The van der Waals surface area contributed by atoms with Gasteiger partial charge in [-0.1, -0.05) is 0 Å². The van der Waals surface area contributed by atoms with Crippen molar-refractivity contribution in [3.8, 4) is 5.88 Å². The molecule has 1 rings (SSSR count). The second kappa shape index (κ2) is 3.76. The number of pyridine rings is 1. The van der Waals surface area contributed by atoms with Gasteiger partial charge in [-0.3, -0.25) is 4.79 Å². The minimum absolute atomic E-state index is 0.199. The lowest BCUT2D eigenvalue weighted by Gasteiger charge is -2.21. The quantitative estimate of drug-likeness (QED) is 0.758. The highest BCUT2D eigenvalue weighted by Gasteiger charge is 2.18. The highest BCUT2D eigenvalue weighted by atomic mass is 16.5. The third-order valence-corrected chi connectivity index (χ3v) is 1.54. The second-order valence-corrected chi connectivity index (χ2v) is 4.20. The molecule has 0 saturated carbocycles. The van der Waals surface area contributed by atoms with Crippen LogP contribution in [0.15, 0.2) is 12.3 Å². The third kappa shape index (κ3) is 3.12. The molecule has 1 amide bonds. The number of aromatic nitrogens is 1. The standard InChI is InChI=1S/C10H15N3O2/c1-10(2,3)15-9-7(8(12)14)4-6(11)5-13-9/h4-5H,11H2,1-3H3,(H2,12,14). The molecule has 1 aromatic rings. The molecule has 0 aromatic carbocycles. The topological polar surface area (TPSA) is 91.2 Å². The maximum Gasteiger partial charge on any atom is 0.254 e. The largest absolute Gasteiger partial charge is 0.471 e. The van der Waals surface area contributed by atoms with Crippen molar-refractivity contribution in [2.24, 2.45) is 5.73 Å². The van der Waals surface area contributed by atoms with E-state index >= 15 is 0 Å². The Labute approximate surface area is 88.4 Å². The van der Waals surface area contributed by atoms with Crippen LogP contribution in [0, 0.1) is 0 Å². The van der Waals surface area contributed by atoms with Crippen LogP contribution >= 0.6 is 0 Å². The molecule has 0 aliphatic rings. The van der Waals surface area contributed by atoms with Gasteiger partial charge in [0.1, 0.15) is 11.2 Å². The molecule has 0 spiro atoms. The zero-order chi connectivity index (χ0) is 11.6. The SMILES string of the molecule is CC(C)(C)Oc1ncc(N)cc1C(N)=O. The molecule has 1 aromatic heterocycles. The Morgan fingerprint density at radius 2 is 2.07 bits per heavy atom. The summed E-state index contributed by atoms with van der Waals surface area (Å²) in [5, 5.41) is 0. The van der Waals surface area contributed by atoms with Crippen molar-refractivity contribution >= 4 is 11.6 Å². The number of hydrogen-bond acceptors (Lipinski definition) is 4. The van der Waals surface area contributed by atoms with Crippen molar-refractivity contribution in [3.63, 3.8) is 0 Å². The molecule has 1 heterocycles. The number of ether oxygens (including phenoxy) is 1. The fourth-order valence-corrected chi connectivity index (χ4v) is 1.02. The molecule has 0 saturated heterocycles. The summed E-state index contributed by atoms with van der Waals surface area (Å²) in [6.45, 7) is 5.57. The Hall–Kier alpha value is -1.78. The zero-order valence-corrected chi connectivity index (χ0v) is 9.07. The van der Waals surface area contributed by atoms with Gasteiger partial charge in [-0.2, -0.15) is 0 Å². The summed E-state index contributed by atoms with van der Waals surface area (Å²) in [6, 6.07) is 1.45. The Balaban J connectivity index is 3.12. The summed E-state index contributed by atoms with van der Waals surface area (Å²) < 4.78 is 5.48. The van der Waals surface area contributed by atoms with E-state index in [0.29, 0.717) is 5.69 Å². The second-order valence-electron chi connectivity index (χ2n) is 4.20. The summed E-state index contributed by atoms with van der Waals surface area (Å²) in [6.07, 6.45) is 1.42. The van der Waals surface area contributed by atoms with E-state index < -0.39 is 11.5 Å². The molecule has 15 heavy (non-hydrogen) atoms. The summed E-state index contributed by atoms with van der Waals surface area (Å²) in [7, 11) is 0. The van der Waals surface area contributed by atoms with Crippen LogP contribution in [-0.2, 0) is 0 Å². The van der Waals surface area contributed by atoms with Gasteiger partial charge < -0.3 is 16.2 Å². The first-order valence-corrected chi connectivity index (χ1v) is 4.54. The van der Waals surface area contributed by atoms with Crippen LogP contribution in [0.5, 0.6) is 5.88 Å². The number of nitrogens with zero attached hydrogens (tertiary/aromatic N) is 1. The first kappa shape index (κ1) is 11.3. The molecule has 0 radical (unpaired) electrons. The molecule has 5 heteroatoms. The number of amides is 1. The number of carbonyl (C=O) groups excluding carboxylic acids is 1. The van der Waals surface area contributed by atoms with Gasteiger partial charge in [-0.25, -0.2) is 4.98 Å². The number of carbonyl (C=O) groups is 1. The molecule has 0 bridgehead atoms. The van der Waals surface area contributed by atoms with Crippen molar-refractivity contribution in [1.82, 2.24) is 4.98 Å². The lowest BCUT2D eigenvalue weighted by atomic mass is 10.2. The molecular weight excluding hydrogens is 194 g/mol. The van der Waals surface area contributed by atoms with Crippen LogP contribution in [-0.4, -0.2) is 16.5 Å². The highest BCUT2D eigenvalue weighted by Crippen LogP contribution is 2.21. The van der Waals surface area contributed by atoms with Gasteiger partial charge in [0.25, 0.3) is 5.91 Å². The van der Waals surface area contributed by atoms with Crippen molar-refractivity contribution in [1.29, 1.82) is 0 Å². The molecule has 0 fully saturated rings. The van der Waals surface area contributed by atoms with Gasteiger partial charge in [0.05, 0.1) is 11.9 Å². The monoisotopic (exact) mass is 209 g/mol. The lowest BCUT2D eigenvalue weighted by Crippen LogP contribution is -2.26. The van der Waals surface area contributed by atoms with Crippen molar-refractivity contribution in [3.05, 3.63) is 17.8 Å². The number of rotatable bonds is 2. The summed E-state index contributed by atoms with van der Waals surface area (Å²) >= 11 is 0. The average Bonchev–Trinajstić information content (AvgIpc) is 2.05. The van der Waals surface area contributed by atoms with Crippen LogP contribution in [0.25, 0.3) is 0 Å². The van der Waals surface area contributed by atoms with E-state index in [4.69, 9.17) is 16.2 Å². The Bertz CT molecular complexity index is 383. The van der Waals surface area contributed by atoms with Crippen LogP contribution in [0.4, 0.5) is 5.69 Å². The smallest absolute Gasteiger partial charge is 0.254 e. The summed E-state index contributed by atoms with van der Waals surface area (Å²) in [5.41, 5.74) is 10.8. The molecular formula is C10H15N3O2. The lowest BCUT2D eigenvalue weighted by molar-refractivity contribution is 0.0970. The fraction of sp³-hybridized carbons (Fsp3) is 0.400.